The van der Waals surface area contributed by atoms with Gasteiger partial charge in [0.2, 0.25) is 0 Å². The minimum absolute atomic E-state index is 1.21. The first-order valence-corrected chi connectivity index (χ1v) is 5.28. The SMILES string of the molecule is CCCc1cc[c]c(C)c1CCC. The zero-order valence-corrected chi connectivity index (χ0v) is 8.98. The van der Waals surface area contributed by atoms with Crippen molar-refractivity contribution in [3.8, 4) is 0 Å². The molecular formula is C13H19. The van der Waals surface area contributed by atoms with Gasteiger partial charge in [-0.25, -0.2) is 0 Å². The summed E-state index contributed by atoms with van der Waals surface area (Å²) in [7, 11) is 0. The average Bonchev–Trinajstić information content (AvgIpc) is 2.11. The lowest BCUT2D eigenvalue weighted by Gasteiger charge is -2.10. The van der Waals surface area contributed by atoms with E-state index in [2.05, 4.69) is 39.0 Å². The lowest BCUT2D eigenvalue weighted by Crippen LogP contribution is -1.96. The third kappa shape index (κ3) is 2.58. The highest BCUT2D eigenvalue weighted by Crippen LogP contribution is 2.17. The third-order valence-electron chi connectivity index (χ3n) is 2.44. The van der Waals surface area contributed by atoms with E-state index >= 15 is 0 Å². The minimum Gasteiger partial charge on any atom is -0.0651 e. The lowest BCUT2D eigenvalue weighted by molar-refractivity contribution is 0.853. The monoisotopic (exact) mass is 175 g/mol. The summed E-state index contributed by atoms with van der Waals surface area (Å²) in [5, 5.41) is 0. The molecule has 0 amide bonds. The van der Waals surface area contributed by atoms with E-state index in [0.717, 1.165) is 0 Å². The molecule has 0 aliphatic heterocycles. The van der Waals surface area contributed by atoms with Crippen molar-refractivity contribution in [1.82, 2.24) is 0 Å². The molecule has 0 unspecified atom stereocenters. The Morgan fingerprint density at radius 1 is 1.15 bits per heavy atom. The Morgan fingerprint density at radius 2 is 1.85 bits per heavy atom. The van der Waals surface area contributed by atoms with Crippen LogP contribution < -0.4 is 0 Å². The molecule has 0 nitrogen and oxygen atoms in total. The molecule has 0 bridgehead atoms. The van der Waals surface area contributed by atoms with E-state index in [4.69, 9.17) is 0 Å². The second-order valence-corrected chi connectivity index (χ2v) is 3.61. The third-order valence-corrected chi connectivity index (χ3v) is 2.44. The van der Waals surface area contributed by atoms with Crippen LogP contribution in [0.1, 0.15) is 43.4 Å². The molecule has 0 fully saturated rings. The first-order chi connectivity index (χ1) is 6.29. The van der Waals surface area contributed by atoms with Gasteiger partial charge in [-0.1, -0.05) is 38.8 Å². The smallest absolute Gasteiger partial charge is 0.0149 e. The van der Waals surface area contributed by atoms with Crippen molar-refractivity contribution in [2.45, 2.75) is 46.5 Å². The fourth-order valence-corrected chi connectivity index (χ4v) is 1.80. The summed E-state index contributed by atoms with van der Waals surface area (Å²) in [6.07, 6.45) is 4.89. The van der Waals surface area contributed by atoms with E-state index in [9.17, 15) is 0 Å². The van der Waals surface area contributed by atoms with Gasteiger partial charge in [0.15, 0.2) is 0 Å². The van der Waals surface area contributed by atoms with Crippen LogP contribution in [0.15, 0.2) is 12.1 Å². The Kier molecular flexibility index (Phi) is 4.01. The Labute approximate surface area is 82.0 Å². The van der Waals surface area contributed by atoms with Crippen molar-refractivity contribution in [2.24, 2.45) is 0 Å². The highest BCUT2D eigenvalue weighted by atomic mass is 14.1. The molecule has 0 aliphatic carbocycles. The molecule has 0 heterocycles. The van der Waals surface area contributed by atoms with Crippen LogP contribution in [-0.4, -0.2) is 0 Å². The van der Waals surface area contributed by atoms with Crippen LogP contribution >= 0.6 is 0 Å². The summed E-state index contributed by atoms with van der Waals surface area (Å²) in [6, 6.07) is 7.56. The van der Waals surface area contributed by atoms with E-state index in [1.54, 1.807) is 0 Å². The Morgan fingerprint density at radius 3 is 2.46 bits per heavy atom. The van der Waals surface area contributed by atoms with Gasteiger partial charge in [-0.15, -0.1) is 0 Å². The Balaban J connectivity index is 2.95. The topological polar surface area (TPSA) is 0 Å². The van der Waals surface area contributed by atoms with Gasteiger partial charge in [0.1, 0.15) is 0 Å². The number of rotatable bonds is 4. The van der Waals surface area contributed by atoms with Gasteiger partial charge in [-0.3, -0.25) is 0 Å². The van der Waals surface area contributed by atoms with Gasteiger partial charge < -0.3 is 0 Å². The summed E-state index contributed by atoms with van der Waals surface area (Å²) in [5.74, 6) is 0. The summed E-state index contributed by atoms with van der Waals surface area (Å²) in [4.78, 5) is 0. The van der Waals surface area contributed by atoms with E-state index in [1.165, 1.54) is 42.4 Å². The average molecular weight is 175 g/mol. The maximum atomic E-state index is 3.28. The standard InChI is InChI=1S/C13H19/c1-4-7-12-10-6-9-11(3)13(12)8-5-2/h6,10H,4-5,7-8H2,1-3H3. The lowest BCUT2D eigenvalue weighted by atomic mass is 9.95. The minimum atomic E-state index is 1.21. The molecule has 0 N–H and O–H groups in total. The van der Waals surface area contributed by atoms with Gasteiger partial charge in [0, 0.05) is 0 Å². The molecule has 1 rings (SSSR count). The van der Waals surface area contributed by atoms with Crippen molar-refractivity contribution in [2.75, 3.05) is 0 Å². The number of hydrogen-bond donors (Lipinski definition) is 0. The van der Waals surface area contributed by atoms with Gasteiger partial charge in [0.25, 0.3) is 0 Å². The van der Waals surface area contributed by atoms with Gasteiger partial charge in [-0.05, 0) is 42.5 Å². The number of aryl methyl sites for hydroxylation is 2. The van der Waals surface area contributed by atoms with Crippen molar-refractivity contribution >= 4 is 0 Å². The van der Waals surface area contributed by atoms with Crippen molar-refractivity contribution < 1.29 is 0 Å². The van der Waals surface area contributed by atoms with Gasteiger partial charge in [0.05, 0.1) is 0 Å². The first kappa shape index (κ1) is 10.3. The van der Waals surface area contributed by atoms with Crippen LogP contribution in [0.4, 0.5) is 0 Å². The largest absolute Gasteiger partial charge is 0.0651 e. The molecule has 0 aliphatic rings. The molecule has 0 spiro atoms. The van der Waals surface area contributed by atoms with Crippen LogP contribution in [0.25, 0.3) is 0 Å². The maximum absolute atomic E-state index is 3.28. The van der Waals surface area contributed by atoms with Gasteiger partial charge >= 0.3 is 0 Å². The van der Waals surface area contributed by atoms with Crippen molar-refractivity contribution in [3.05, 3.63) is 34.9 Å². The molecule has 0 saturated carbocycles. The van der Waals surface area contributed by atoms with E-state index < -0.39 is 0 Å². The van der Waals surface area contributed by atoms with Crippen molar-refractivity contribution in [3.63, 3.8) is 0 Å². The Hall–Kier alpha value is -0.780. The van der Waals surface area contributed by atoms with Crippen LogP contribution in [0.3, 0.4) is 0 Å². The predicted molar refractivity (Wildman–Crippen MR) is 58.0 cm³/mol. The fraction of sp³-hybridized carbons (Fsp3) is 0.538. The van der Waals surface area contributed by atoms with Crippen LogP contribution in [0.5, 0.6) is 0 Å². The summed E-state index contributed by atoms with van der Waals surface area (Å²) in [6.45, 7) is 6.65. The first-order valence-electron chi connectivity index (χ1n) is 5.28. The quantitative estimate of drug-likeness (QED) is 0.654. The number of benzene rings is 1. The van der Waals surface area contributed by atoms with E-state index in [0.29, 0.717) is 0 Å². The molecule has 0 saturated heterocycles. The summed E-state index contributed by atoms with van der Waals surface area (Å²) < 4.78 is 0. The molecule has 1 radical (unpaired) electrons. The van der Waals surface area contributed by atoms with E-state index in [-0.39, 0.29) is 0 Å². The molecule has 0 aromatic heterocycles. The van der Waals surface area contributed by atoms with Gasteiger partial charge in [-0.2, -0.15) is 0 Å². The molecular weight excluding hydrogens is 156 g/mol. The highest BCUT2D eigenvalue weighted by Gasteiger charge is 2.03. The normalized spacial score (nSPS) is 10.4. The highest BCUT2D eigenvalue weighted by molar-refractivity contribution is 5.33. The molecule has 1 aromatic carbocycles. The van der Waals surface area contributed by atoms with Crippen LogP contribution in [0, 0.1) is 13.0 Å². The van der Waals surface area contributed by atoms with Crippen LogP contribution in [-0.2, 0) is 12.8 Å². The molecule has 71 valence electrons. The van der Waals surface area contributed by atoms with Crippen LogP contribution in [0.2, 0.25) is 0 Å². The molecule has 13 heavy (non-hydrogen) atoms. The van der Waals surface area contributed by atoms with Crippen molar-refractivity contribution in [1.29, 1.82) is 0 Å². The predicted octanol–water partition coefficient (Wildman–Crippen LogP) is 3.70. The molecule has 0 heteroatoms. The Bertz CT molecular complexity index is 261. The van der Waals surface area contributed by atoms with E-state index in [1.807, 2.05) is 0 Å². The maximum Gasteiger partial charge on any atom is -0.0149 e. The fourth-order valence-electron chi connectivity index (χ4n) is 1.80. The second kappa shape index (κ2) is 5.06. The molecule has 1 aromatic rings. The molecule has 0 atom stereocenters. The zero-order chi connectivity index (χ0) is 9.68. The zero-order valence-electron chi connectivity index (χ0n) is 8.98. The summed E-state index contributed by atoms with van der Waals surface area (Å²) in [5.41, 5.74) is 4.40. The summed E-state index contributed by atoms with van der Waals surface area (Å²) >= 11 is 0. The number of hydrogen-bond acceptors (Lipinski definition) is 0. The second-order valence-electron chi connectivity index (χ2n) is 3.61.